The van der Waals surface area contributed by atoms with E-state index in [0.717, 1.165) is 16.7 Å². The van der Waals surface area contributed by atoms with Crippen molar-refractivity contribution in [3.05, 3.63) is 52.3 Å². The van der Waals surface area contributed by atoms with Crippen molar-refractivity contribution < 1.29 is 4.39 Å². The van der Waals surface area contributed by atoms with Crippen molar-refractivity contribution in [3.63, 3.8) is 0 Å². The largest absolute Gasteiger partial charge is 0.397 e. The second-order valence-electron chi connectivity index (χ2n) is 4.17. The molecule has 0 amide bonds. The third kappa shape index (κ3) is 2.27. The van der Waals surface area contributed by atoms with Gasteiger partial charge >= 0.3 is 0 Å². The summed E-state index contributed by atoms with van der Waals surface area (Å²) in [4.78, 5) is 0. The molecular weight excluding hydrogens is 237 g/mol. The van der Waals surface area contributed by atoms with Crippen molar-refractivity contribution in [1.29, 1.82) is 0 Å². The van der Waals surface area contributed by atoms with E-state index in [1.54, 1.807) is 0 Å². The number of nitrogen functional groups attached to an aromatic ring is 1. The molecule has 2 rings (SSSR count). The van der Waals surface area contributed by atoms with Crippen LogP contribution >= 0.6 is 11.6 Å². The fraction of sp³-hybridized carbons (Fsp3) is 0.143. The van der Waals surface area contributed by atoms with E-state index in [-0.39, 0.29) is 10.8 Å². The Kier molecular flexibility index (Phi) is 3.07. The van der Waals surface area contributed by atoms with Gasteiger partial charge in [-0.15, -0.1) is 0 Å². The third-order valence-corrected chi connectivity index (χ3v) is 3.09. The molecule has 0 bridgehead atoms. The molecule has 0 atom stereocenters. The van der Waals surface area contributed by atoms with Crippen LogP contribution in [0.2, 0.25) is 5.02 Å². The summed E-state index contributed by atoms with van der Waals surface area (Å²) >= 11 is 5.90. The van der Waals surface area contributed by atoms with Gasteiger partial charge in [0.05, 0.1) is 10.7 Å². The Labute approximate surface area is 105 Å². The molecule has 2 N–H and O–H groups in total. The van der Waals surface area contributed by atoms with Gasteiger partial charge in [0.25, 0.3) is 0 Å². The molecule has 0 fully saturated rings. The van der Waals surface area contributed by atoms with E-state index in [0.29, 0.717) is 11.3 Å². The molecule has 17 heavy (non-hydrogen) atoms. The molecule has 2 aromatic carbocycles. The van der Waals surface area contributed by atoms with Gasteiger partial charge in [-0.3, -0.25) is 0 Å². The first-order valence-corrected chi connectivity index (χ1v) is 5.69. The minimum absolute atomic E-state index is 0.251. The Bertz CT molecular complexity index is 579. The average Bonchev–Trinajstić information content (AvgIpc) is 2.27. The van der Waals surface area contributed by atoms with Crippen molar-refractivity contribution in [1.82, 2.24) is 0 Å². The number of hydrogen-bond donors (Lipinski definition) is 1. The molecular formula is C14H13ClFN. The van der Waals surface area contributed by atoms with Crippen molar-refractivity contribution in [3.8, 4) is 11.1 Å². The summed E-state index contributed by atoms with van der Waals surface area (Å²) in [5, 5.41) is 0.251. The number of halogens is 2. The maximum absolute atomic E-state index is 13.4. The summed E-state index contributed by atoms with van der Waals surface area (Å²) in [6, 6.07) is 8.63. The molecule has 0 aromatic heterocycles. The summed E-state index contributed by atoms with van der Waals surface area (Å²) in [5.41, 5.74) is 10.0. The highest BCUT2D eigenvalue weighted by Crippen LogP contribution is 2.34. The number of nitrogens with two attached hydrogens (primary N) is 1. The predicted molar refractivity (Wildman–Crippen MR) is 70.7 cm³/mol. The fourth-order valence-electron chi connectivity index (χ4n) is 1.83. The first-order valence-electron chi connectivity index (χ1n) is 5.31. The van der Waals surface area contributed by atoms with E-state index in [2.05, 4.69) is 0 Å². The van der Waals surface area contributed by atoms with Gasteiger partial charge in [0.1, 0.15) is 5.82 Å². The van der Waals surface area contributed by atoms with Crippen LogP contribution in [0.15, 0.2) is 30.3 Å². The van der Waals surface area contributed by atoms with Gasteiger partial charge in [-0.05, 0) is 37.1 Å². The number of benzene rings is 2. The van der Waals surface area contributed by atoms with E-state index in [4.69, 9.17) is 17.3 Å². The van der Waals surface area contributed by atoms with Gasteiger partial charge < -0.3 is 5.73 Å². The molecule has 0 radical (unpaired) electrons. The quantitative estimate of drug-likeness (QED) is 0.748. The number of rotatable bonds is 1. The normalized spacial score (nSPS) is 10.6. The van der Waals surface area contributed by atoms with Crippen LogP contribution in [0.4, 0.5) is 10.1 Å². The zero-order valence-corrected chi connectivity index (χ0v) is 10.5. The molecule has 0 unspecified atom stereocenters. The van der Waals surface area contributed by atoms with E-state index < -0.39 is 0 Å². The van der Waals surface area contributed by atoms with Crippen LogP contribution in [-0.2, 0) is 0 Å². The molecule has 1 nitrogen and oxygen atoms in total. The van der Waals surface area contributed by atoms with Gasteiger partial charge in [0, 0.05) is 5.56 Å². The van der Waals surface area contributed by atoms with Gasteiger partial charge in [0.2, 0.25) is 0 Å². The lowest BCUT2D eigenvalue weighted by atomic mass is 9.97. The van der Waals surface area contributed by atoms with Crippen molar-refractivity contribution in [2.45, 2.75) is 13.8 Å². The van der Waals surface area contributed by atoms with E-state index in [1.165, 1.54) is 12.1 Å². The minimum atomic E-state index is -0.375. The van der Waals surface area contributed by atoms with Crippen LogP contribution in [0.3, 0.4) is 0 Å². The van der Waals surface area contributed by atoms with Crippen LogP contribution in [0.1, 0.15) is 11.1 Å². The fourth-order valence-corrected chi connectivity index (χ4v) is 2.04. The van der Waals surface area contributed by atoms with Crippen molar-refractivity contribution >= 4 is 17.3 Å². The van der Waals surface area contributed by atoms with Crippen molar-refractivity contribution in [2.75, 3.05) is 5.73 Å². The van der Waals surface area contributed by atoms with Crippen LogP contribution in [0.5, 0.6) is 0 Å². The molecule has 0 aliphatic carbocycles. The lowest BCUT2D eigenvalue weighted by Crippen LogP contribution is -1.95. The van der Waals surface area contributed by atoms with Crippen LogP contribution in [0.25, 0.3) is 11.1 Å². The zero-order chi connectivity index (χ0) is 12.6. The highest BCUT2D eigenvalue weighted by Gasteiger charge is 2.11. The molecule has 3 heteroatoms. The summed E-state index contributed by atoms with van der Waals surface area (Å²) in [6.45, 7) is 3.95. The maximum Gasteiger partial charge on any atom is 0.125 e. The second-order valence-corrected chi connectivity index (χ2v) is 4.57. The number of anilines is 1. The van der Waals surface area contributed by atoms with Crippen molar-refractivity contribution in [2.24, 2.45) is 0 Å². The SMILES string of the molecule is Cc1ccc(C)c(-c2cc(F)cc(Cl)c2N)c1. The molecule has 0 heterocycles. The van der Waals surface area contributed by atoms with E-state index >= 15 is 0 Å². The maximum atomic E-state index is 13.4. The van der Waals surface area contributed by atoms with Gasteiger partial charge in [-0.1, -0.05) is 35.4 Å². The second kappa shape index (κ2) is 4.38. The van der Waals surface area contributed by atoms with Crippen LogP contribution < -0.4 is 5.73 Å². The minimum Gasteiger partial charge on any atom is -0.397 e. The molecule has 0 aliphatic heterocycles. The summed E-state index contributed by atoms with van der Waals surface area (Å²) in [5.74, 6) is -0.375. The summed E-state index contributed by atoms with van der Waals surface area (Å²) in [6.07, 6.45) is 0. The highest BCUT2D eigenvalue weighted by atomic mass is 35.5. The molecule has 0 spiro atoms. The lowest BCUT2D eigenvalue weighted by Gasteiger charge is -2.11. The lowest BCUT2D eigenvalue weighted by molar-refractivity contribution is 0.628. The smallest absolute Gasteiger partial charge is 0.125 e. The molecule has 0 saturated heterocycles. The Hall–Kier alpha value is -1.54. The van der Waals surface area contributed by atoms with Crippen LogP contribution in [-0.4, -0.2) is 0 Å². The molecule has 88 valence electrons. The molecule has 0 saturated carbocycles. The average molecular weight is 250 g/mol. The molecule has 2 aromatic rings. The van der Waals surface area contributed by atoms with E-state index in [1.807, 2.05) is 32.0 Å². The first kappa shape index (κ1) is 11.9. The Morgan fingerprint density at radius 1 is 1.06 bits per heavy atom. The Balaban J connectivity index is 2.72. The zero-order valence-electron chi connectivity index (χ0n) is 9.72. The number of aryl methyl sites for hydroxylation is 2. The first-order chi connectivity index (χ1) is 7.99. The monoisotopic (exact) mass is 249 g/mol. The van der Waals surface area contributed by atoms with Gasteiger partial charge in [-0.25, -0.2) is 4.39 Å². The van der Waals surface area contributed by atoms with Gasteiger partial charge in [-0.2, -0.15) is 0 Å². The number of hydrogen-bond acceptors (Lipinski definition) is 1. The van der Waals surface area contributed by atoms with E-state index in [9.17, 15) is 4.39 Å². The summed E-state index contributed by atoms with van der Waals surface area (Å²) in [7, 11) is 0. The van der Waals surface area contributed by atoms with Crippen LogP contribution in [0, 0.1) is 19.7 Å². The Morgan fingerprint density at radius 3 is 2.47 bits per heavy atom. The highest BCUT2D eigenvalue weighted by molar-refractivity contribution is 6.33. The third-order valence-electron chi connectivity index (χ3n) is 2.78. The predicted octanol–water partition coefficient (Wildman–Crippen LogP) is 4.35. The topological polar surface area (TPSA) is 26.0 Å². The van der Waals surface area contributed by atoms with Gasteiger partial charge in [0.15, 0.2) is 0 Å². The Morgan fingerprint density at radius 2 is 1.76 bits per heavy atom. The molecule has 0 aliphatic rings. The summed E-state index contributed by atoms with van der Waals surface area (Å²) < 4.78 is 13.4. The standard InChI is InChI=1S/C14H13ClFN/c1-8-3-4-9(2)11(5-8)12-6-10(16)7-13(15)14(12)17/h3-7H,17H2,1-2H3.